The molecular weight excluding hydrogens is 292 g/mol. The molecule has 2 aromatic heterocycles. The molecule has 2 unspecified atom stereocenters. The third-order valence-corrected chi connectivity index (χ3v) is 4.11. The lowest BCUT2D eigenvalue weighted by Crippen LogP contribution is -2.07. The Kier molecular flexibility index (Phi) is 2.83. The highest BCUT2D eigenvalue weighted by Crippen LogP contribution is 2.37. The maximum atomic E-state index is 9.02. The molecule has 0 spiro atoms. The van der Waals surface area contributed by atoms with Gasteiger partial charge in [0.15, 0.2) is 0 Å². The van der Waals surface area contributed by atoms with E-state index in [2.05, 4.69) is 36.5 Å². The van der Waals surface area contributed by atoms with E-state index in [-0.39, 0.29) is 5.92 Å². The number of aromatic nitrogens is 3. The molecule has 0 aliphatic heterocycles. The number of nitriles is 1. The van der Waals surface area contributed by atoms with Gasteiger partial charge < -0.3 is 4.57 Å². The van der Waals surface area contributed by atoms with Gasteiger partial charge in [0.05, 0.1) is 17.8 Å². The third kappa shape index (κ3) is 1.81. The maximum absolute atomic E-state index is 9.02. The summed E-state index contributed by atoms with van der Waals surface area (Å²) < 4.78 is 3.09. The van der Waals surface area contributed by atoms with E-state index in [0.29, 0.717) is 6.04 Å². The molecule has 18 heavy (non-hydrogen) atoms. The second-order valence-electron chi connectivity index (χ2n) is 4.82. The molecule has 1 fully saturated rings. The highest BCUT2D eigenvalue weighted by Gasteiger charge is 2.28. The molecule has 0 aromatic carbocycles. The van der Waals surface area contributed by atoms with Crippen molar-refractivity contribution in [2.75, 3.05) is 0 Å². The summed E-state index contributed by atoms with van der Waals surface area (Å²) in [6.45, 7) is 2.02. The topological polar surface area (TPSA) is 54.5 Å². The summed E-state index contributed by atoms with van der Waals surface area (Å²) in [4.78, 5) is 8.75. The fraction of sp³-hybridized carbons (Fsp3) is 0.462. The number of fused-ring (bicyclic) bond motifs is 1. The minimum absolute atomic E-state index is 0.192. The van der Waals surface area contributed by atoms with Crippen LogP contribution in [0.15, 0.2) is 16.9 Å². The Bertz CT molecular complexity index is 640. The van der Waals surface area contributed by atoms with Gasteiger partial charge in [-0.25, -0.2) is 9.97 Å². The van der Waals surface area contributed by atoms with Gasteiger partial charge >= 0.3 is 0 Å². The number of rotatable bonds is 1. The predicted molar refractivity (Wildman–Crippen MR) is 72.0 cm³/mol. The average Bonchev–Trinajstić information content (AvgIpc) is 2.92. The van der Waals surface area contributed by atoms with E-state index in [0.717, 1.165) is 40.7 Å². The Morgan fingerprint density at radius 2 is 2.33 bits per heavy atom. The fourth-order valence-corrected chi connectivity index (χ4v) is 3.18. The number of imidazole rings is 1. The Morgan fingerprint density at radius 3 is 3.06 bits per heavy atom. The predicted octanol–water partition coefficient (Wildman–Crippen LogP) is 3.37. The summed E-state index contributed by atoms with van der Waals surface area (Å²) in [6, 6.07) is 4.79. The Balaban J connectivity index is 2.09. The van der Waals surface area contributed by atoms with Crippen molar-refractivity contribution in [3.63, 3.8) is 0 Å². The highest BCUT2D eigenvalue weighted by molar-refractivity contribution is 9.10. The Labute approximate surface area is 114 Å². The summed E-state index contributed by atoms with van der Waals surface area (Å²) >= 11 is 3.41. The molecule has 1 aliphatic carbocycles. The van der Waals surface area contributed by atoms with Crippen LogP contribution in [0, 0.1) is 24.2 Å². The Hall–Kier alpha value is -1.41. The van der Waals surface area contributed by atoms with Gasteiger partial charge in [0.2, 0.25) is 0 Å². The maximum Gasteiger partial charge on any atom is 0.108 e. The van der Waals surface area contributed by atoms with Crippen molar-refractivity contribution in [1.29, 1.82) is 5.26 Å². The first kappa shape index (κ1) is 11.7. The zero-order valence-corrected chi connectivity index (χ0v) is 11.7. The summed E-state index contributed by atoms with van der Waals surface area (Å²) in [7, 11) is 0. The van der Waals surface area contributed by atoms with Crippen molar-refractivity contribution in [3.8, 4) is 6.07 Å². The molecule has 5 heteroatoms. The van der Waals surface area contributed by atoms with E-state index < -0.39 is 0 Å². The largest absolute Gasteiger partial charge is 0.325 e. The van der Waals surface area contributed by atoms with Crippen LogP contribution in [-0.4, -0.2) is 14.5 Å². The molecule has 1 saturated carbocycles. The second-order valence-corrected chi connectivity index (χ2v) is 5.63. The minimum Gasteiger partial charge on any atom is -0.325 e. The van der Waals surface area contributed by atoms with Gasteiger partial charge in [0, 0.05) is 12.0 Å². The van der Waals surface area contributed by atoms with Gasteiger partial charge in [-0.05, 0) is 48.2 Å². The van der Waals surface area contributed by atoms with Crippen LogP contribution in [-0.2, 0) is 0 Å². The second kappa shape index (κ2) is 4.36. The van der Waals surface area contributed by atoms with Crippen molar-refractivity contribution >= 4 is 27.0 Å². The summed E-state index contributed by atoms with van der Waals surface area (Å²) in [5, 5.41) is 9.02. The molecule has 1 aliphatic rings. The molecule has 0 amide bonds. The molecule has 2 aromatic rings. The lowest BCUT2D eigenvalue weighted by molar-refractivity contribution is 0.509. The van der Waals surface area contributed by atoms with Gasteiger partial charge in [-0.15, -0.1) is 0 Å². The molecule has 3 rings (SSSR count). The molecule has 0 saturated heterocycles. The summed E-state index contributed by atoms with van der Waals surface area (Å²) in [5.74, 6) is 1.20. The summed E-state index contributed by atoms with van der Waals surface area (Å²) in [6.07, 6.45) is 4.78. The average molecular weight is 305 g/mol. The Morgan fingerprint density at radius 1 is 1.50 bits per heavy atom. The van der Waals surface area contributed by atoms with Crippen molar-refractivity contribution in [1.82, 2.24) is 14.5 Å². The molecule has 2 atom stereocenters. The van der Waals surface area contributed by atoms with E-state index in [1.165, 1.54) is 0 Å². The molecule has 92 valence electrons. The minimum atomic E-state index is 0.192. The van der Waals surface area contributed by atoms with Gasteiger partial charge in [-0.1, -0.05) is 0 Å². The molecule has 0 bridgehead atoms. The monoisotopic (exact) mass is 304 g/mol. The summed E-state index contributed by atoms with van der Waals surface area (Å²) in [5.41, 5.74) is 2.04. The quantitative estimate of drug-likeness (QED) is 0.759. The van der Waals surface area contributed by atoms with E-state index in [1.807, 2.05) is 13.0 Å². The first-order valence-electron chi connectivity index (χ1n) is 6.08. The zero-order chi connectivity index (χ0) is 12.7. The number of aryl methyl sites for hydroxylation is 1. The van der Waals surface area contributed by atoms with E-state index in [4.69, 9.17) is 5.26 Å². The van der Waals surface area contributed by atoms with Crippen LogP contribution in [0.2, 0.25) is 0 Å². The normalized spacial score (nSPS) is 23.4. The van der Waals surface area contributed by atoms with Gasteiger partial charge in [-0.3, -0.25) is 0 Å². The number of hydrogen-bond donors (Lipinski definition) is 0. The van der Waals surface area contributed by atoms with E-state index in [1.54, 1.807) is 6.20 Å². The molecule has 2 heterocycles. The van der Waals surface area contributed by atoms with Gasteiger partial charge in [-0.2, -0.15) is 5.26 Å². The van der Waals surface area contributed by atoms with E-state index in [9.17, 15) is 0 Å². The van der Waals surface area contributed by atoms with Crippen LogP contribution in [0.3, 0.4) is 0 Å². The van der Waals surface area contributed by atoms with Gasteiger partial charge in [0.25, 0.3) is 0 Å². The van der Waals surface area contributed by atoms with Crippen molar-refractivity contribution < 1.29 is 0 Å². The third-order valence-electron chi connectivity index (χ3n) is 3.67. The van der Waals surface area contributed by atoms with E-state index >= 15 is 0 Å². The van der Waals surface area contributed by atoms with Gasteiger partial charge in [0.1, 0.15) is 15.9 Å². The SMILES string of the molecule is Cc1nc2cnc(Br)cc2n1C1CCC(C#N)C1. The zero-order valence-electron chi connectivity index (χ0n) is 10.1. The molecule has 0 N–H and O–H groups in total. The number of halogens is 1. The van der Waals surface area contributed by atoms with Crippen LogP contribution in [0.5, 0.6) is 0 Å². The number of hydrogen-bond acceptors (Lipinski definition) is 3. The van der Waals surface area contributed by atoms with Crippen LogP contribution >= 0.6 is 15.9 Å². The lowest BCUT2D eigenvalue weighted by atomic mass is 10.1. The standard InChI is InChI=1S/C13H13BrN4/c1-8-17-11-7-16-13(14)5-12(11)18(8)10-3-2-9(4-10)6-15/h5,7,9-10H,2-4H2,1H3. The smallest absolute Gasteiger partial charge is 0.108 e. The molecule has 4 nitrogen and oxygen atoms in total. The van der Waals surface area contributed by atoms with Crippen LogP contribution in [0.1, 0.15) is 31.1 Å². The van der Waals surface area contributed by atoms with Crippen molar-refractivity contribution in [2.45, 2.75) is 32.2 Å². The first-order chi connectivity index (χ1) is 8.69. The number of nitrogens with zero attached hydrogens (tertiary/aromatic N) is 4. The highest BCUT2D eigenvalue weighted by atomic mass is 79.9. The molecular formula is C13H13BrN4. The lowest BCUT2D eigenvalue weighted by Gasteiger charge is -2.14. The fourth-order valence-electron chi connectivity index (χ4n) is 2.86. The van der Waals surface area contributed by atoms with Crippen LogP contribution in [0.25, 0.3) is 11.0 Å². The van der Waals surface area contributed by atoms with Crippen LogP contribution in [0.4, 0.5) is 0 Å². The van der Waals surface area contributed by atoms with Crippen molar-refractivity contribution in [3.05, 3.63) is 22.7 Å². The van der Waals surface area contributed by atoms with Crippen LogP contribution < -0.4 is 0 Å². The first-order valence-corrected chi connectivity index (χ1v) is 6.88. The molecule has 0 radical (unpaired) electrons. The van der Waals surface area contributed by atoms with Crippen molar-refractivity contribution in [2.24, 2.45) is 5.92 Å². The number of pyridine rings is 1.